The van der Waals surface area contributed by atoms with Crippen LogP contribution >= 0.6 is 0 Å². The topological polar surface area (TPSA) is 82.5 Å². The molecule has 3 rings (SSSR count). The van der Waals surface area contributed by atoms with Crippen LogP contribution in [0.25, 0.3) is 11.1 Å². The lowest BCUT2D eigenvalue weighted by atomic mass is 10.1. The molecule has 0 radical (unpaired) electrons. The highest BCUT2D eigenvalue weighted by Crippen LogP contribution is 2.24. The summed E-state index contributed by atoms with van der Waals surface area (Å²) in [6.45, 7) is 0. The highest BCUT2D eigenvalue weighted by atomic mass is 16.3. The van der Waals surface area contributed by atoms with Gasteiger partial charge in [-0.05, 0) is 42.0 Å². The van der Waals surface area contributed by atoms with E-state index >= 15 is 0 Å². The van der Waals surface area contributed by atoms with E-state index in [-0.39, 0.29) is 17.4 Å². The van der Waals surface area contributed by atoms with Gasteiger partial charge in [-0.15, -0.1) is 0 Å². The predicted molar refractivity (Wildman–Crippen MR) is 87.4 cm³/mol. The average Bonchev–Trinajstić information content (AvgIpc) is 2.55. The van der Waals surface area contributed by atoms with Crippen molar-refractivity contribution in [1.82, 2.24) is 4.98 Å². The fraction of sp³-hybridized carbons (Fsp3) is 0. The maximum atomic E-state index is 12.2. The number of nitrogens with one attached hydrogen (secondary N) is 1. The van der Waals surface area contributed by atoms with Crippen LogP contribution in [0.4, 0.5) is 5.69 Å². The number of nitrogens with zero attached hydrogens (tertiary/aromatic N) is 1. The third kappa shape index (κ3) is 3.47. The largest absolute Gasteiger partial charge is 0.508 e. The van der Waals surface area contributed by atoms with Gasteiger partial charge >= 0.3 is 0 Å². The Hall–Kier alpha value is -3.34. The summed E-state index contributed by atoms with van der Waals surface area (Å²) in [5.74, 6) is -0.142. The normalized spacial score (nSPS) is 10.3. The van der Waals surface area contributed by atoms with Crippen LogP contribution in [0.2, 0.25) is 0 Å². The number of carbonyl (C=O) groups excluding carboxylic acids is 1. The van der Waals surface area contributed by atoms with Crippen LogP contribution in [0.3, 0.4) is 0 Å². The van der Waals surface area contributed by atoms with Gasteiger partial charge in [0.05, 0.1) is 11.9 Å². The number of benzene rings is 2. The van der Waals surface area contributed by atoms with Crippen LogP contribution in [-0.2, 0) is 0 Å². The minimum absolute atomic E-state index is 0.0317. The van der Waals surface area contributed by atoms with E-state index in [1.54, 1.807) is 42.6 Å². The van der Waals surface area contributed by atoms with Gasteiger partial charge in [0, 0.05) is 17.3 Å². The summed E-state index contributed by atoms with van der Waals surface area (Å²) >= 11 is 0. The summed E-state index contributed by atoms with van der Waals surface area (Å²) in [5.41, 5.74) is 2.45. The van der Waals surface area contributed by atoms with Crippen molar-refractivity contribution < 1.29 is 15.0 Å². The molecule has 0 saturated carbocycles. The first-order chi connectivity index (χ1) is 11.1. The molecule has 3 N–H and O–H groups in total. The molecule has 0 atom stereocenters. The summed E-state index contributed by atoms with van der Waals surface area (Å²) in [5, 5.41) is 21.7. The molecule has 0 unspecified atom stereocenters. The van der Waals surface area contributed by atoms with Crippen LogP contribution in [-0.4, -0.2) is 21.1 Å². The van der Waals surface area contributed by atoms with Gasteiger partial charge in [-0.2, -0.15) is 0 Å². The minimum atomic E-state index is -0.337. The molecule has 0 spiro atoms. The molecule has 5 heteroatoms. The Morgan fingerprint density at radius 2 is 1.61 bits per heavy atom. The number of aromatic hydroxyl groups is 2. The molecule has 1 heterocycles. The van der Waals surface area contributed by atoms with Gasteiger partial charge in [0.1, 0.15) is 11.5 Å². The summed E-state index contributed by atoms with van der Waals surface area (Å²) in [7, 11) is 0. The van der Waals surface area contributed by atoms with E-state index in [0.29, 0.717) is 11.3 Å². The number of anilines is 1. The Balaban J connectivity index is 1.84. The van der Waals surface area contributed by atoms with Crippen molar-refractivity contribution in [2.75, 3.05) is 5.32 Å². The first kappa shape index (κ1) is 14.6. The second-order valence-corrected chi connectivity index (χ2v) is 5.02. The van der Waals surface area contributed by atoms with E-state index in [9.17, 15) is 15.0 Å². The van der Waals surface area contributed by atoms with E-state index in [1.807, 2.05) is 6.07 Å². The summed E-state index contributed by atoms with van der Waals surface area (Å²) in [6, 6.07) is 14.7. The Labute approximate surface area is 132 Å². The zero-order valence-electron chi connectivity index (χ0n) is 12.1. The molecule has 1 aromatic heterocycles. The summed E-state index contributed by atoms with van der Waals surface area (Å²) in [4.78, 5) is 16.3. The number of phenolic OH excluding ortho intramolecular Hbond substituents is 2. The molecule has 0 fully saturated rings. The number of hydrogen-bond acceptors (Lipinski definition) is 4. The van der Waals surface area contributed by atoms with E-state index < -0.39 is 0 Å². The van der Waals surface area contributed by atoms with E-state index in [1.165, 1.54) is 18.3 Å². The first-order valence-corrected chi connectivity index (χ1v) is 6.97. The summed E-state index contributed by atoms with van der Waals surface area (Å²) in [6.07, 6.45) is 3.19. The van der Waals surface area contributed by atoms with Crippen LogP contribution in [0, 0.1) is 0 Å². The highest BCUT2D eigenvalue weighted by molar-refractivity contribution is 6.04. The Morgan fingerprint density at radius 3 is 2.35 bits per heavy atom. The third-order valence-corrected chi connectivity index (χ3v) is 3.28. The molecule has 23 heavy (non-hydrogen) atoms. The lowest BCUT2D eigenvalue weighted by molar-refractivity contribution is 0.102. The van der Waals surface area contributed by atoms with E-state index in [0.717, 1.165) is 11.1 Å². The van der Waals surface area contributed by atoms with Crippen molar-refractivity contribution in [3.05, 3.63) is 72.6 Å². The Bertz CT molecular complexity index is 862. The maximum absolute atomic E-state index is 12.2. The lowest BCUT2D eigenvalue weighted by Gasteiger charge is -2.08. The summed E-state index contributed by atoms with van der Waals surface area (Å²) < 4.78 is 0. The lowest BCUT2D eigenvalue weighted by Crippen LogP contribution is -2.11. The number of rotatable bonds is 3. The quantitative estimate of drug-likeness (QED) is 0.692. The van der Waals surface area contributed by atoms with Gasteiger partial charge in [0.15, 0.2) is 0 Å². The zero-order valence-corrected chi connectivity index (χ0v) is 12.1. The highest BCUT2D eigenvalue weighted by Gasteiger charge is 2.08. The van der Waals surface area contributed by atoms with Crippen LogP contribution < -0.4 is 5.32 Å². The SMILES string of the molecule is O=C(Nc1cncc(-c2cccc(O)c2)c1)c1cccc(O)c1. The van der Waals surface area contributed by atoms with Crippen molar-refractivity contribution in [2.24, 2.45) is 0 Å². The van der Waals surface area contributed by atoms with Gasteiger partial charge in [-0.1, -0.05) is 18.2 Å². The number of hydrogen-bond donors (Lipinski definition) is 3. The molecule has 0 aliphatic carbocycles. The van der Waals surface area contributed by atoms with Gasteiger partial charge in [0.25, 0.3) is 5.91 Å². The molecular formula is C18H14N2O3. The van der Waals surface area contributed by atoms with Gasteiger partial charge in [-0.25, -0.2) is 0 Å². The smallest absolute Gasteiger partial charge is 0.255 e. The zero-order chi connectivity index (χ0) is 16.2. The Morgan fingerprint density at radius 1 is 0.870 bits per heavy atom. The van der Waals surface area contributed by atoms with Gasteiger partial charge in [-0.3, -0.25) is 9.78 Å². The van der Waals surface area contributed by atoms with E-state index in [4.69, 9.17) is 0 Å². The van der Waals surface area contributed by atoms with Gasteiger partial charge in [0.2, 0.25) is 0 Å². The second-order valence-electron chi connectivity index (χ2n) is 5.02. The number of carbonyl (C=O) groups is 1. The molecule has 114 valence electrons. The molecule has 0 bridgehead atoms. The third-order valence-electron chi connectivity index (χ3n) is 3.28. The molecule has 0 aliphatic rings. The fourth-order valence-corrected chi connectivity index (χ4v) is 2.20. The Kier molecular flexibility index (Phi) is 3.93. The second kappa shape index (κ2) is 6.19. The molecule has 3 aromatic rings. The fourth-order valence-electron chi connectivity index (χ4n) is 2.20. The standard InChI is InChI=1S/C18H14N2O3/c21-16-5-1-3-12(8-16)14-7-15(11-19-10-14)20-18(23)13-4-2-6-17(22)9-13/h1-11,21-22H,(H,20,23). The van der Waals surface area contributed by atoms with Crippen LogP contribution in [0.1, 0.15) is 10.4 Å². The number of amides is 1. The number of phenols is 2. The average molecular weight is 306 g/mol. The molecule has 1 amide bonds. The van der Waals surface area contributed by atoms with Crippen LogP contribution in [0.5, 0.6) is 11.5 Å². The maximum Gasteiger partial charge on any atom is 0.255 e. The van der Waals surface area contributed by atoms with Gasteiger partial charge < -0.3 is 15.5 Å². The molecule has 0 saturated heterocycles. The molecule has 5 nitrogen and oxygen atoms in total. The molecule has 2 aromatic carbocycles. The van der Waals surface area contributed by atoms with Crippen molar-refractivity contribution in [1.29, 1.82) is 0 Å². The van der Waals surface area contributed by atoms with Crippen molar-refractivity contribution in [3.8, 4) is 22.6 Å². The monoisotopic (exact) mass is 306 g/mol. The van der Waals surface area contributed by atoms with Crippen molar-refractivity contribution >= 4 is 11.6 Å². The van der Waals surface area contributed by atoms with Crippen LogP contribution in [0.15, 0.2) is 67.0 Å². The van der Waals surface area contributed by atoms with Crippen molar-refractivity contribution in [2.45, 2.75) is 0 Å². The number of pyridine rings is 1. The molecule has 0 aliphatic heterocycles. The van der Waals surface area contributed by atoms with E-state index in [2.05, 4.69) is 10.3 Å². The first-order valence-electron chi connectivity index (χ1n) is 6.97. The number of aromatic nitrogens is 1. The minimum Gasteiger partial charge on any atom is -0.508 e. The molecular weight excluding hydrogens is 292 g/mol. The van der Waals surface area contributed by atoms with Crippen molar-refractivity contribution in [3.63, 3.8) is 0 Å². The predicted octanol–water partition coefficient (Wildman–Crippen LogP) is 3.41.